The van der Waals surface area contributed by atoms with Crippen LogP contribution in [0.2, 0.25) is 0 Å². The van der Waals surface area contributed by atoms with Crippen LogP contribution in [0.3, 0.4) is 0 Å². The molecule has 2 aliphatic rings. The fourth-order valence-electron chi connectivity index (χ4n) is 3.46. The summed E-state index contributed by atoms with van der Waals surface area (Å²) in [6, 6.07) is 10.2. The van der Waals surface area contributed by atoms with Gasteiger partial charge in [-0.15, -0.1) is 0 Å². The fraction of sp³-hybridized carbons (Fsp3) is 0.412. The molecule has 7 heteroatoms. The topological polar surface area (TPSA) is 66.4 Å². The van der Waals surface area contributed by atoms with Crippen molar-refractivity contribution >= 4 is 15.8 Å². The fourth-order valence-corrected chi connectivity index (χ4v) is 4.57. The second-order valence-electron chi connectivity index (χ2n) is 6.50. The summed E-state index contributed by atoms with van der Waals surface area (Å²) in [6.07, 6.45) is 2.06. The van der Waals surface area contributed by atoms with Gasteiger partial charge in [-0.05, 0) is 24.5 Å². The van der Waals surface area contributed by atoms with Gasteiger partial charge in [-0.1, -0.05) is 24.3 Å². The monoisotopic (exact) mass is 344 g/mol. The zero-order chi connectivity index (χ0) is 16.9. The summed E-state index contributed by atoms with van der Waals surface area (Å²) < 4.78 is 25.2. The van der Waals surface area contributed by atoms with Crippen LogP contribution in [-0.2, 0) is 23.1 Å². The first-order valence-electron chi connectivity index (χ1n) is 8.06. The lowest BCUT2D eigenvalue weighted by molar-refractivity contribution is 0.198. The van der Waals surface area contributed by atoms with E-state index >= 15 is 0 Å². The molecule has 0 bridgehead atoms. The van der Waals surface area contributed by atoms with Gasteiger partial charge in [0.25, 0.3) is 0 Å². The molecule has 0 N–H and O–H groups in total. The van der Waals surface area contributed by atoms with Crippen molar-refractivity contribution < 1.29 is 8.42 Å². The Hall–Kier alpha value is -1.99. The first-order valence-corrected chi connectivity index (χ1v) is 9.91. The number of hydrogen-bond donors (Lipinski definition) is 0. The maximum Gasteiger partial charge on any atom is 0.211 e. The molecule has 1 saturated heterocycles. The first kappa shape index (κ1) is 15.5. The average molecular weight is 344 g/mol. The third kappa shape index (κ3) is 2.67. The summed E-state index contributed by atoms with van der Waals surface area (Å²) in [7, 11) is -3.19. The Labute approximate surface area is 142 Å². The SMILES string of the molecule is Cc1nc(C2CCN2S(C)(=O)=O)cc(N2Cc3ccccc3C2)n1. The Balaban J connectivity index is 1.64. The molecule has 1 aromatic heterocycles. The van der Waals surface area contributed by atoms with Crippen LogP contribution in [-0.4, -0.2) is 35.5 Å². The largest absolute Gasteiger partial charge is 0.348 e. The van der Waals surface area contributed by atoms with Crippen LogP contribution in [0.1, 0.15) is 35.1 Å². The lowest BCUT2D eigenvalue weighted by atomic mass is 10.0. The van der Waals surface area contributed by atoms with Gasteiger partial charge < -0.3 is 4.90 Å². The summed E-state index contributed by atoms with van der Waals surface area (Å²) >= 11 is 0. The van der Waals surface area contributed by atoms with Crippen LogP contribution >= 0.6 is 0 Å². The number of nitrogens with zero attached hydrogens (tertiary/aromatic N) is 4. The summed E-state index contributed by atoms with van der Waals surface area (Å²) in [5, 5.41) is 0. The second kappa shape index (κ2) is 5.53. The zero-order valence-corrected chi connectivity index (χ0v) is 14.6. The Morgan fingerprint density at radius 1 is 1.12 bits per heavy atom. The molecular weight excluding hydrogens is 324 g/mol. The van der Waals surface area contributed by atoms with E-state index in [1.165, 1.54) is 21.7 Å². The normalized spacial score (nSPS) is 20.8. The van der Waals surface area contributed by atoms with E-state index in [0.29, 0.717) is 12.4 Å². The summed E-state index contributed by atoms with van der Waals surface area (Å²) in [6.45, 7) is 4.08. The number of sulfonamides is 1. The zero-order valence-electron chi connectivity index (χ0n) is 13.8. The lowest BCUT2D eigenvalue weighted by Crippen LogP contribution is -2.44. The van der Waals surface area contributed by atoms with Crippen LogP contribution in [0.25, 0.3) is 0 Å². The molecular formula is C17H20N4O2S. The van der Waals surface area contributed by atoms with Gasteiger partial charge in [0, 0.05) is 25.7 Å². The first-order chi connectivity index (χ1) is 11.4. The Kier molecular flexibility index (Phi) is 3.58. The summed E-state index contributed by atoms with van der Waals surface area (Å²) in [5.74, 6) is 1.55. The maximum absolute atomic E-state index is 11.8. The standard InChI is InChI=1S/C17H20N4O2S/c1-12-18-15(16-7-8-21(16)24(2,22)23)9-17(19-12)20-10-13-5-3-4-6-14(13)11-20/h3-6,9,16H,7-8,10-11H2,1-2H3. The van der Waals surface area contributed by atoms with Crippen LogP contribution in [0, 0.1) is 6.92 Å². The van der Waals surface area contributed by atoms with Crippen molar-refractivity contribution in [1.29, 1.82) is 0 Å². The van der Waals surface area contributed by atoms with E-state index in [2.05, 4.69) is 39.1 Å². The minimum atomic E-state index is -3.19. The highest BCUT2D eigenvalue weighted by atomic mass is 32.2. The van der Waals surface area contributed by atoms with Crippen molar-refractivity contribution in [2.24, 2.45) is 0 Å². The number of benzene rings is 1. The van der Waals surface area contributed by atoms with E-state index in [-0.39, 0.29) is 6.04 Å². The van der Waals surface area contributed by atoms with Gasteiger partial charge in [0.1, 0.15) is 11.6 Å². The van der Waals surface area contributed by atoms with Crippen molar-refractivity contribution in [3.8, 4) is 0 Å². The van der Waals surface area contributed by atoms with Crippen molar-refractivity contribution in [3.63, 3.8) is 0 Å². The van der Waals surface area contributed by atoms with Crippen LogP contribution in [0.15, 0.2) is 30.3 Å². The molecule has 126 valence electrons. The number of anilines is 1. The molecule has 2 aromatic rings. The van der Waals surface area contributed by atoms with Gasteiger partial charge in [-0.2, -0.15) is 4.31 Å². The molecule has 1 fully saturated rings. The van der Waals surface area contributed by atoms with Crippen LogP contribution in [0.5, 0.6) is 0 Å². The average Bonchev–Trinajstić information content (AvgIpc) is 2.87. The molecule has 0 saturated carbocycles. The molecule has 6 nitrogen and oxygen atoms in total. The molecule has 4 rings (SSSR count). The molecule has 0 aliphatic carbocycles. The van der Waals surface area contributed by atoms with Crippen molar-refractivity contribution in [3.05, 3.63) is 53.0 Å². The lowest BCUT2D eigenvalue weighted by Gasteiger charge is -2.38. The molecule has 2 aliphatic heterocycles. The molecule has 1 unspecified atom stereocenters. The van der Waals surface area contributed by atoms with Gasteiger partial charge in [-0.25, -0.2) is 18.4 Å². The van der Waals surface area contributed by atoms with Gasteiger partial charge in [0.2, 0.25) is 10.0 Å². The third-order valence-corrected chi connectivity index (χ3v) is 6.04. The van der Waals surface area contributed by atoms with Crippen molar-refractivity contribution in [1.82, 2.24) is 14.3 Å². The number of hydrogen-bond acceptors (Lipinski definition) is 5. The van der Waals surface area contributed by atoms with Crippen LogP contribution in [0.4, 0.5) is 5.82 Å². The smallest absolute Gasteiger partial charge is 0.211 e. The van der Waals surface area contributed by atoms with E-state index in [1.54, 1.807) is 0 Å². The highest BCUT2D eigenvalue weighted by molar-refractivity contribution is 7.88. The quantitative estimate of drug-likeness (QED) is 0.852. The van der Waals surface area contributed by atoms with Gasteiger partial charge in [0.15, 0.2) is 0 Å². The number of fused-ring (bicyclic) bond motifs is 1. The van der Waals surface area contributed by atoms with Crippen LogP contribution < -0.4 is 4.90 Å². The van der Waals surface area contributed by atoms with Crippen molar-refractivity contribution in [2.45, 2.75) is 32.5 Å². The molecule has 3 heterocycles. The Bertz CT molecular complexity index is 872. The van der Waals surface area contributed by atoms with E-state index in [4.69, 9.17) is 0 Å². The number of rotatable bonds is 3. The molecule has 24 heavy (non-hydrogen) atoms. The maximum atomic E-state index is 11.8. The number of aryl methyl sites for hydroxylation is 1. The third-order valence-electron chi connectivity index (χ3n) is 4.75. The van der Waals surface area contributed by atoms with Crippen molar-refractivity contribution in [2.75, 3.05) is 17.7 Å². The number of aromatic nitrogens is 2. The molecule has 1 atom stereocenters. The van der Waals surface area contributed by atoms with E-state index < -0.39 is 10.0 Å². The highest BCUT2D eigenvalue weighted by Gasteiger charge is 2.37. The minimum Gasteiger partial charge on any atom is -0.348 e. The minimum absolute atomic E-state index is 0.162. The van der Waals surface area contributed by atoms with E-state index in [9.17, 15) is 8.42 Å². The molecule has 1 aromatic carbocycles. The van der Waals surface area contributed by atoms with Gasteiger partial charge >= 0.3 is 0 Å². The summed E-state index contributed by atoms with van der Waals surface area (Å²) in [4.78, 5) is 11.3. The highest BCUT2D eigenvalue weighted by Crippen LogP contribution is 2.36. The van der Waals surface area contributed by atoms with E-state index in [0.717, 1.165) is 31.0 Å². The molecule has 0 spiro atoms. The Morgan fingerprint density at radius 2 is 1.79 bits per heavy atom. The van der Waals surface area contributed by atoms with Gasteiger partial charge in [-0.3, -0.25) is 0 Å². The molecule has 0 radical (unpaired) electrons. The molecule has 0 amide bonds. The predicted molar refractivity (Wildman–Crippen MR) is 92.0 cm³/mol. The van der Waals surface area contributed by atoms with E-state index in [1.807, 2.05) is 13.0 Å². The Morgan fingerprint density at radius 3 is 2.33 bits per heavy atom. The predicted octanol–water partition coefficient (Wildman–Crippen LogP) is 2.01. The second-order valence-corrected chi connectivity index (χ2v) is 8.44. The van der Waals surface area contributed by atoms with Gasteiger partial charge in [0.05, 0.1) is 18.0 Å². The summed E-state index contributed by atoms with van der Waals surface area (Å²) in [5.41, 5.74) is 3.43.